The van der Waals surface area contributed by atoms with Crippen LogP contribution in [0, 0.1) is 10.1 Å². The summed E-state index contributed by atoms with van der Waals surface area (Å²) in [6.07, 6.45) is -0.381. The fraction of sp³-hybridized carbons (Fsp3) is 0.263. The van der Waals surface area contributed by atoms with Gasteiger partial charge in [0.25, 0.3) is 5.91 Å². The van der Waals surface area contributed by atoms with E-state index in [0.29, 0.717) is 11.5 Å². The average molecular weight is 402 g/mol. The number of esters is 1. The highest BCUT2D eigenvalue weighted by molar-refractivity contribution is 5.92. The monoisotopic (exact) mass is 402 g/mol. The molecule has 0 saturated carbocycles. The predicted molar refractivity (Wildman–Crippen MR) is 99.3 cm³/mol. The van der Waals surface area contributed by atoms with Gasteiger partial charge in [0.15, 0.2) is 23.9 Å². The molecule has 29 heavy (non-hydrogen) atoms. The van der Waals surface area contributed by atoms with Crippen molar-refractivity contribution in [3.63, 3.8) is 0 Å². The molecule has 2 aromatic carbocycles. The van der Waals surface area contributed by atoms with Crippen molar-refractivity contribution in [3.05, 3.63) is 58.1 Å². The van der Waals surface area contributed by atoms with Crippen molar-refractivity contribution in [1.29, 1.82) is 0 Å². The molecule has 0 radical (unpaired) electrons. The predicted octanol–water partition coefficient (Wildman–Crippen LogP) is 1.72. The first-order valence-corrected chi connectivity index (χ1v) is 8.62. The Hall–Kier alpha value is -3.82. The maximum Gasteiger partial charge on any atom is 0.338 e. The van der Waals surface area contributed by atoms with Crippen LogP contribution in [0.2, 0.25) is 0 Å². The SMILES string of the molecule is COc1ccc(C(=O)OCC(=O)NC[C@H]2COc3ccccc3O2)cc1[N+](=O)[O-]. The number of ether oxygens (including phenoxy) is 4. The smallest absolute Gasteiger partial charge is 0.338 e. The minimum absolute atomic E-state index is 0.0144. The molecule has 1 heterocycles. The number of benzene rings is 2. The van der Waals surface area contributed by atoms with Crippen molar-refractivity contribution in [2.75, 3.05) is 26.9 Å². The lowest BCUT2D eigenvalue weighted by atomic mass is 10.2. The zero-order chi connectivity index (χ0) is 20.8. The highest BCUT2D eigenvalue weighted by Gasteiger charge is 2.22. The number of nitrogens with one attached hydrogen (secondary N) is 1. The summed E-state index contributed by atoms with van der Waals surface area (Å²) in [5, 5.41) is 13.6. The Kier molecular flexibility index (Phi) is 6.12. The van der Waals surface area contributed by atoms with E-state index in [-0.39, 0.29) is 36.3 Å². The second kappa shape index (κ2) is 8.91. The van der Waals surface area contributed by atoms with Crippen LogP contribution in [0.25, 0.3) is 0 Å². The van der Waals surface area contributed by atoms with Gasteiger partial charge in [-0.1, -0.05) is 12.1 Å². The summed E-state index contributed by atoms with van der Waals surface area (Å²) in [7, 11) is 1.28. The number of amides is 1. The van der Waals surface area contributed by atoms with E-state index in [4.69, 9.17) is 18.9 Å². The molecule has 0 spiro atoms. The number of carbonyl (C=O) groups is 2. The minimum atomic E-state index is -0.864. The number of fused-ring (bicyclic) bond motifs is 1. The molecule has 0 saturated heterocycles. The molecule has 152 valence electrons. The van der Waals surface area contributed by atoms with E-state index < -0.39 is 23.4 Å². The third-order valence-electron chi connectivity index (χ3n) is 4.04. The molecule has 0 unspecified atom stereocenters. The number of hydrogen-bond donors (Lipinski definition) is 1. The first-order chi connectivity index (χ1) is 14.0. The molecule has 0 bridgehead atoms. The van der Waals surface area contributed by atoms with Gasteiger partial charge in [-0.3, -0.25) is 14.9 Å². The number of nitro benzene ring substituents is 1. The van der Waals surface area contributed by atoms with Crippen LogP contribution in [0.4, 0.5) is 5.69 Å². The quantitative estimate of drug-likeness (QED) is 0.421. The summed E-state index contributed by atoms with van der Waals surface area (Å²) in [4.78, 5) is 34.3. The van der Waals surface area contributed by atoms with Crippen LogP contribution in [-0.2, 0) is 9.53 Å². The lowest BCUT2D eigenvalue weighted by Crippen LogP contribution is -2.42. The highest BCUT2D eigenvalue weighted by Crippen LogP contribution is 2.30. The minimum Gasteiger partial charge on any atom is -0.490 e. The van der Waals surface area contributed by atoms with E-state index in [1.54, 1.807) is 12.1 Å². The number of nitro groups is 1. The van der Waals surface area contributed by atoms with E-state index in [9.17, 15) is 19.7 Å². The molecule has 3 rings (SSSR count). The summed E-state index contributed by atoms with van der Waals surface area (Å²) >= 11 is 0. The third-order valence-corrected chi connectivity index (χ3v) is 4.04. The Morgan fingerprint density at radius 2 is 2.00 bits per heavy atom. The maximum absolute atomic E-state index is 12.1. The van der Waals surface area contributed by atoms with E-state index in [0.717, 1.165) is 6.07 Å². The van der Waals surface area contributed by atoms with Crippen LogP contribution in [0.1, 0.15) is 10.4 Å². The van der Waals surface area contributed by atoms with Crippen LogP contribution in [0.15, 0.2) is 42.5 Å². The van der Waals surface area contributed by atoms with E-state index in [1.165, 1.54) is 19.2 Å². The zero-order valence-corrected chi connectivity index (χ0v) is 15.5. The number of methoxy groups -OCH3 is 1. The van der Waals surface area contributed by atoms with Gasteiger partial charge in [-0.25, -0.2) is 4.79 Å². The summed E-state index contributed by atoms with van der Waals surface area (Å²) in [5.41, 5.74) is -0.438. The molecule has 1 amide bonds. The average Bonchev–Trinajstić information content (AvgIpc) is 2.75. The van der Waals surface area contributed by atoms with Gasteiger partial charge in [0, 0.05) is 6.07 Å². The van der Waals surface area contributed by atoms with Gasteiger partial charge in [-0.05, 0) is 24.3 Å². The standard InChI is InChI=1S/C19H18N2O8/c1-26-15-7-6-12(8-14(15)21(24)25)19(23)28-11-18(22)20-9-13-10-27-16-4-2-3-5-17(16)29-13/h2-8,13H,9-11H2,1H3,(H,20,22)/t13-/m0/s1. The van der Waals surface area contributed by atoms with Gasteiger partial charge in [-0.15, -0.1) is 0 Å². The van der Waals surface area contributed by atoms with Crippen LogP contribution in [-0.4, -0.2) is 49.8 Å². The second-order valence-electron chi connectivity index (χ2n) is 6.02. The van der Waals surface area contributed by atoms with E-state index in [1.807, 2.05) is 12.1 Å². The lowest BCUT2D eigenvalue weighted by Gasteiger charge is -2.26. The Morgan fingerprint density at radius 3 is 2.72 bits per heavy atom. The second-order valence-corrected chi connectivity index (χ2v) is 6.02. The van der Waals surface area contributed by atoms with Crippen LogP contribution in [0.5, 0.6) is 17.2 Å². The molecule has 0 fully saturated rings. The summed E-state index contributed by atoms with van der Waals surface area (Å²) in [5.74, 6) is -0.162. The Morgan fingerprint density at radius 1 is 1.24 bits per heavy atom. The van der Waals surface area contributed by atoms with Gasteiger partial charge in [0.05, 0.1) is 24.1 Å². The Labute approximate surface area is 165 Å². The van der Waals surface area contributed by atoms with E-state index in [2.05, 4.69) is 5.32 Å². The third kappa shape index (κ3) is 4.92. The van der Waals surface area contributed by atoms with Crippen molar-refractivity contribution in [1.82, 2.24) is 5.32 Å². The maximum atomic E-state index is 12.1. The molecular formula is C19H18N2O8. The van der Waals surface area contributed by atoms with Crippen LogP contribution < -0.4 is 19.5 Å². The number of nitrogens with zero attached hydrogens (tertiary/aromatic N) is 1. The Balaban J connectivity index is 1.48. The van der Waals surface area contributed by atoms with Crippen molar-refractivity contribution >= 4 is 17.6 Å². The first kappa shape index (κ1) is 19.9. The lowest BCUT2D eigenvalue weighted by molar-refractivity contribution is -0.385. The number of carbonyl (C=O) groups excluding carboxylic acids is 2. The van der Waals surface area contributed by atoms with Crippen LogP contribution >= 0.6 is 0 Å². The summed E-state index contributed by atoms with van der Waals surface area (Å²) in [6.45, 7) is -0.103. The topological polar surface area (TPSA) is 126 Å². The largest absolute Gasteiger partial charge is 0.490 e. The molecule has 10 heteroatoms. The van der Waals surface area contributed by atoms with Gasteiger partial charge < -0.3 is 24.3 Å². The van der Waals surface area contributed by atoms with Gasteiger partial charge in [0.2, 0.25) is 0 Å². The Bertz CT molecular complexity index is 930. The fourth-order valence-corrected chi connectivity index (χ4v) is 2.62. The van der Waals surface area contributed by atoms with Gasteiger partial charge >= 0.3 is 11.7 Å². The molecule has 1 atom stereocenters. The number of hydrogen-bond acceptors (Lipinski definition) is 8. The normalized spacial score (nSPS) is 14.6. The van der Waals surface area contributed by atoms with E-state index >= 15 is 0 Å². The molecular weight excluding hydrogens is 384 g/mol. The number of rotatable bonds is 7. The molecule has 1 N–H and O–H groups in total. The fourth-order valence-electron chi connectivity index (χ4n) is 2.62. The summed E-state index contributed by atoms with van der Waals surface area (Å²) < 4.78 is 21.0. The van der Waals surface area contributed by atoms with Gasteiger partial charge in [0.1, 0.15) is 12.7 Å². The molecule has 10 nitrogen and oxygen atoms in total. The molecule has 1 aliphatic rings. The molecule has 1 aliphatic heterocycles. The van der Waals surface area contributed by atoms with Crippen molar-refractivity contribution in [2.24, 2.45) is 0 Å². The van der Waals surface area contributed by atoms with Crippen molar-refractivity contribution in [3.8, 4) is 17.2 Å². The molecule has 0 aliphatic carbocycles. The summed E-state index contributed by atoms with van der Waals surface area (Å²) in [6, 6.07) is 10.8. The van der Waals surface area contributed by atoms with Crippen molar-refractivity contribution < 1.29 is 33.5 Å². The molecule has 2 aromatic rings. The zero-order valence-electron chi connectivity index (χ0n) is 15.5. The number of para-hydroxylation sites is 2. The van der Waals surface area contributed by atoms with Crippen molar-refractivity contribution in [2.45, 2.75) is 6.10 Å². The first-order valence-electron chi connectivity index (χ1n) is 8.62. The highest BCUT2D eigenvalue weighted by atomic mass is 16.6. The van der Waals surface area contributed by atoms with Crippen LogP contribution in [0.3, 0.4) is 0 Å². The van der Waals surface area contributed by atoms with Gasteiger partial charge in [-0.2, -0.15) is 0 Å². The molecule has 0 aromatic heterocycles.